The Kier molecular flexibility index (Phi) is 3.54. The molecule has 0 saturated carbocycles. The van der Waals surface area contributed by atoms with Crippen LogP contribution in [0.3, 0.4) is 0 Å². The first-order valence-electron chi connectivity index (χ1n) is 6.55. The highest BCUT2D eigenvalue weighted by Gasteiger charge is 2.13. The first-order chi connectivity index (χ1) is 9.81. The molecule has 1 aliphatic heterocycles. The molecule has 0 aromatic heterocycles. The third-order valence-corrected chi connectivity index (χ3v) is 3.03. The van der Waals surface area contributed by atoms with E-state index in [2.05, 4.69) is 5.32 Å². The van der Waals surface area contributed by atoms with Crippen LogP contribution in [-0.4, -0.2) is 19.1 Å². The van der Waals surface area contributed by atoms with Gasteiger partial charge in [-0.3, -0.25) is 4.79 Å². The summed E-state index contributed by atoms with van der Waals surface area (Å²) >= 11 is 0. The largest absolute Gasteiger partial charge is 0.486 e. The molecule has 1 heterocycles. The van der Waals surface area contributed by atoms with Gasteiger partial charge in [-0.1, -0.05) is 24.3 Å². The topological polar surface area (TPSA) is 47.6 Å². The number of carbonyl (C=O) groups is 1. The summed E-state index contributed by atoms with van der Waals surface area (Å²) in [6.07, 6.45) is 0.311. The van der Waals surface area contributed by atoms with Crippen molar-refractivity contribution < 1.29 is 14.3 Å². The molecule has 0 bridgehead atoms. The van der Waals surface area contributed by atoms with E-state index in [0.29, 0.717) is 25.4 Å². The van der Waals surface area contributed by atoms with Gasteiger partial charge in [0.2, 0.25) is 5.91 Å². The number of rotatable bonds is 3. The lowest BCUT2D eigenvalue weighted by Crippen LogP contribution is -2.17. The Morgan fingerprint density at radius 2 is 1.75 bits per heavy atom. The van der Waals surface area contributed by atoms with E-state index in [0.717, 1.165) is 17.0 Å². The standard InChI is InChI=1S/C16H15NO3/c18-16(17-13-4-2-1-3-5-13)11-12-6-7-14-15(10-12)20-9-8-19-14/h1-7,10H,8-9,11H2,(H,17,18). The minimum atomic E-state index is -0.0483. The highest BCUT2D eigenvalue weighted by Crippen LogP contribution is 2.30. The van der Waals surface area contributed by atoms with Gasteiger partial charge in [0.15, 0.2) is 11.5 Å². The smallest absolute Gasteiger partial charge is 0.228 e. The molecule has 0 spiro atoms. The van der Waals surface area contributed by atoms with Crippen molar-refractivity contribution >= 4 is 11.6 Å². The molecule has 1 amide bonds. The van der Waals surface area contributed by atoms with Crippen LogP contribution in [0.15, 0.2) is 48.5 Å². The summed E-state index contributed by atoms with van der Waals surface area (Å²) in [4.78, 5) is 12.0. The lowest BCUT2D eigenvalue weighted by atomic mass is 10.1. The lowest BCUT2D eigenvalue weighted by Gasteiger charge is -2.18. The molecule has 4 heteroatoms. The van der Waals surface area contributed by atoms with E-state index in [1.54, 1.807) is 0 Å². The molecule has 20 heavy (non-hydrogen) atoms. The van der Waals surface area contributed by atoms with E-state index in [-0.39, 0.29) is 5.91 Å². The van der Waals surface area contributed by atoms with Crippen molar-refractivity contribution in [3.63, 3.8) is 0 Å². The van der Waals surface area contributed by atoms with Crippen LogP contribution in [0, 0.1) is 0 Å². The Morgan fingerprint density at radius 1 is 1.00 bits per heavy atom. The molecule has 3 rings (SSSR count). The molecule has 0 aliphatic carbocycles. The number of para-hydroxylation sites is 1. The number of nitrogens with one attached hydrogen (secondary N) is 1. The van der Waals surface area contributed by atoms with Crippen LogP contribution < -0.4 is 14.8 Å². The van der Waals surface area contributed by atoms with Crippen LogP contribution in [-0.2, 0) is 11.2 Å². The molecular weight excluding hydrogens is 254 g/mol. The van der Waals surface area contributed by atoms with Crippen molar-refractivity contribution in [1.82, 2.24) is 0 Å². The fourth-order valence-corrected chi connectivity index (χ4v) is 2.11. The summed E-state index contributed by atoms with van der Waals surface area (Å²) in [6.45, 7) is 1.12. The van der Waals surface area contributed by atoms with E-state index < -0.39 is 0 Å². The number of benzene rings is 2. The van der Waals surface area contributed by atoms with Gasteiger partial charge in [0.25, 0.3) is 0 Å². The summed E-state index contributed by atoms with van der Waals surface area (Å²) < 4.78 is 11.0. The normalized spacial score (nSPS) is 12.8. The van der Waals surface area contributed by atoms with Gasteiger partial charge in [-0.25, -0.2) is 0 Å². The van der Waals surface area contributed by atoms with Gasteiger partial charge in [-0.05, 0) is 29.8 Å². The van der Waals surface area contributed by atoms with Crippen LogP contribution >= 0.6 is 0 Å². The maximum Gasteiger partial charge on any atom is 0.228 e. The fourth-order valence-electron chi connectivity index (χ4n) is 2.11. The first kappa shape index (κ1) is 12.5. The number of amides is 1. The van der Waals surface area contributed by atoms with E-state index >= 15 is 0 Å². The van der Waals surface area contributed by atoms with Gasteiger partial charge in [0.1, 0.15) is 13.2 Å². The third-order valence-electron chi connectivity index (χ3n) is 3.03. The van der Waals surface area contributed by atoms with Crippen LogP contribution in [0.5, 0.6) is 11.5 Å². The van der Waals surface area contributed by atoms with Gasteiger partial charge < -0.3 is 14.8 Å². The molecule has 1 aliphatic rings. The number of hydrogen-bond donors (Lipinski definition) is 1. The maximum atomic E-state index is 12.0. The molecule has 0 unspecified atom stereocenters. The summed E-state index contributed by atoms with van der Waals surface area (Å²) in [7, 11) is 0. The predicted molar refractivity (Wildman–Crippen MR) is 76.2 cm³/mol. The van der Waals surface area contributed by atoms with Gasteiger partial charge in [0.05, 0.1) is 6.42 Å². The van der Waals surface area contributed by atoms with Crippen LogP contribution in [0.1, 0.15) is 5.56 Å². The summed E-state index contributed by atoms with van der Waals surface area (Å²) in [5.74, 6) is 1.40. The molecule has 1 N–H and O–H groups in total. The fraction of sp³-hybridized carbons (Fsp3) is 0.188. The molecule has 2 aromatic carbocycles. The molecule has 0 atom stereocenters. The average Bonchev–Trinajstić information content (AvgIpc) is 2.48. The van der Waals surface area contributed by atoms with Gasteiger partial charge in [-0.2, -0.15) is 0 Å². The maximum absolute atomic E-state index is 12.0. The lowest BCUT2D eigenvalue weighted by molar-refractivity contribution is -0.115. The Labute approximate surface area is 117 Å². The Bertz CT molecular complexity index is 610. The van der Waals surface area contributed by atoms with Crippen molar-refractivity contribution in [2.75, 3.05) is 18.5 Å². The number of fused-ring (bicyclic) bond motifs is 1. The summed E-state index contributed by atoms with van der Waals surface area (Å²) in [6, 6.07) is 15.0. The van der Waals surface area contributed by atoms with Crippen molar-refractivity contribution in [2.24, 2.45) is 0 Å². The monoisotopic (exact) mass is 269 g/mol. The third kappa shape index (κ3) is 2.91. The van der Waals surface area contributed by atoms with Crippen molar-refractivity contribution in [3.8, 4) is 11.5 Å². The zero-order valence-electron chi connectivity index (χ0n) is 11.0. The quantitative estimate of drug-likeness (QED) is 0.931. The van der Waals surface area contributed by atoms with Crippen LogP contribution in [0.2, 0.25) is 0 Å². The Morgan fingerprint density at radius 3 is 2.55 bits per heavy atom. The van der Waals surface area contributed by atoms with E-state index in [1.165, 1.54) is 0 Å². The molecule has 102 valence electrons. The van der Waals surface area contributed by atoms with E-state index in [1.807, 2.05) is 48.5 Å². The van der Waals surface area contributed by atoms with Gasteiger partial charge in [-0.15, -0.1) is 0 Å². The summed E-state index contributed by atoms with van der Waals surface area (Å²) in [5, 5.41) is 2.86. The highest BCUT2D eigenvalue weighted by atomic mass is 16.6. The summed E-state index contributed by atoms with van der Waals surface area (Å²) in [5.41, 5.74) is 1.71. The van der Waals surface area contributed by atoms with Gasteiger partial charge in [0, 0.05) is 5.69 Å². The molecule has 0 saturated heterocycles. The second-order valence-corrected chi connectivity index (χ2v) is 4.57. The van der Waals surface area contributed by atoms with E-state index in [9.17, 15) is 4.79 Å². The minimum Gasteiger partial charge on any atom is -0.486 e. The minimum absolute atomic E-state index is 0.0483. The average molecular weight is 269 g/mol. The Balaban J connectivity index is 1.67. The van der Waals surface area contributed by atoms with Gasteiger partial charge >= 0.3 is 0 Å². The van der Waals surface area contributed by atoms with Crippen molar-refractivity contribution in [3.05, 3.63) is 54.1 Å². The number of hydrogen-bond acceptors (Lipinski definition) is 3. The number of carbonyl (C=O) groups excluding carboxylic acids is 1. The van der Waals surface area contributed by atoms with Crippen LogP contribution in [0.25, 0.3) is 0 Å². The highest BCUT2D eigenvalue weighted by molar-refractivity contribution is 5.92. The second-order valence-electron chi connectivity index (χ2n) is 4.57. The van der Waals surface area contributed by atoms with Crippen LogP contribution in [0.4, 0.5) is 5.69 Å². The molecule has 0 fully saturated rings. The molecular formula is C16H15NO3. The first-order valence-corrected chi connectivity index (χ1v) is 6.55. The van der Waals surface area contributed by atoms with Crippen molar-refractivity contribution in [2.45, 2.75) is 6.42 Å². The van der Waals surface area contributed by atoms with Crippen molar-refractivity contribution in [1.29, 1.82) is 0 Å². The Hall–Kier alpha value is -2.49. The second kappa shape index (κ2) is 5.65. The number of ether oxygens (including phenoxy) is 2. The molecule has 0 radical (unpaired) electrons. The zero-order chi connectivity index (χ0) is 13.8. The predicted octanol–water partition coefficient (Wildman–Crippen LogP) is 2.64. The number of anilines is 1. The molecule has 2 aromatic rings. The van der Waals surface area contributed by atoms with E-state index in [4.69, 9.17) is 9.47 Å². The zero-order valence-corrected chi connectivity index (χ0v) is 11.0. The SMILES string of the molecule is O=C(Cc1ccc2c(c1)OCCO2)Nc1ccccc1. The molecule has 4 nitrogen and oxygen atoms in total.